The van der Waals surface area contributed by atoms with Crippen molar-refractivity contribution in [2.75, 3.05) is 46.6 Å². The number of hydrogen-bond acceptors (Lipinski definition) is 5. The number of nitrogens with one attached hydrogen (secondary N) is 2. The van der Waals surface area contributed by atoms with Crippen LogP contribution in [0.2, 0.25) is 0 Å². The van der Waals surface area contributed by atoms with Gasteiger partial charge in [-0.05, 0) is 26.2 Å². The fraction of sp³-hybridized carbons (Fsp3) is 0.929. The molecular formula is C14H29ClN2O4. The van der Waals surface area contributed by atoms with Crippen LogP contribution in [-0.4, -0.2) is 64.7 Å². The highest BCUT2D eigenvalue weighted by atomic mass is 35.5. The number of halogens is 1. The zero-order valence-corrected chi connectivity index (χ0v) is 13.9. The van der Waals surface area contributed by atoms with E-state index in [4.69, 9.17) is 14.2 Å². The summed E-state index contributed by atoms with van der Waals surface area (Å²) in [5.74, 6) is -0.0747. The van der Waals surface area contributed by atoms with Crippen LogP contribution in [0.1, 0.15) is 26.2 Å². The summed E-state index contributed by atoms with van der Waals surface area (Å²) in [6.07, 6.45) is 3.05. The molecule has 1 saturated heterocycles. The molecule has 1 amide bonds. The second kappa shape index (κ2) is 13.3. The highest BCUT2D eigenvalue weighted by Crippen LogP contribution is 2.13. The molecule has 0 aliphatic carbocycles. The van der Waals surface area contributed by atoms with Gasteiger partial charge in [0.15, 0.2) is 0 Å². The van der Waals surface area contributed by atoms with Crippen molar-refractivity contribution in [3.05, 3.63) is 0 Å². The minimum absolute atomic E-state index is 0. The first-order valence-electron chi connectivity index (χ1n) is 7.44. The van der Waals surface area contributed by atoms with Gasteiger partial charge in [-0.3, -0.25) is 4.79 Å². The summed E-state index contributed by atoms with van der Waals surface area (Å²) < 4.78 is 16.0. The Morgan fingerprint density at radius 2 is 2.14 bits per heavy atom. The molecule has 1 aliphatic rings. The lowest BCUT2D eigenvalue weighted by Crippen LogP contribution is -2.40. The highest BCUT2D eigenvalue weighted by molar-refractivity contribution is 5.85. The number of carbonyl (C=O) groups is 1. The first-order valence-corrected chi connectivity index (χ1v) is 7.44. The molecule has 1 aliphatic heterocycles. The Hall–Kier alpha value is -0.400. The van der Waals surface area contributed by atoms with Gasteiger partial charge in [-0.1, -0.05) is 0 Å². The van der Waals surface area contributed by atoms with Crippen LogP contribution < -0.4 is 10.6 Å². The standard InChI is InChI=1S/C14H28N2O4.ClH/c1-12(20-11-13-5-3-4-9-19-13)14(17)16-7-6-15-8-10-18-2;/h12-13,15H,3-11H2,1-2H3,(H,16,17);1H. The SMILES string of the molecule is COCCNCCNC(=O)C(C)OCC1CCCCO1.Cl. The summed E-state index contributed by atoms with van der Waals surface area (Å²) in [6, 6.07) is 0. The first-order chi connectivity index (χ1) is 9.74. The lowest BCUT2D eigenvalue weighted by atomic mass is 10.1. The average molecular weight is 325 g/mol. The number of hydrogen-bond donors (Lipinski definition) is 2. The molecule has 0 bridgehead atoms. The fourth-order valence-electron chi connectivity index (χ4n) is 1.98. The monoisotopic (exact) mass is 324 g/mol. The van der Waals surface area contributed by atoms with Gasteiger partial charge >= 0.3 is 0 Å². The third kappa shape index (κ3) is 10.0. The number of methoxy groups -OCH3 is 1. The smallest absolute Gasteiger partial charge is 0.248 e. The van der Waals surface area contributed by atoms with Crippen LogP contribution in [0.15, 0.2) is 0 Å². The normalized spacial score (nSPS) is 19.6. The molecule has 1 heterocycles. The first kappa shape index (κ1) is 20.6. The van der Waals surface area contributed by atoms with Crippen LogP contribution in [0, 0.1) is 0 Å². The molecule has 0 radical (unpaired) electrons. The van der Waals surface area contributed by atoms with Crippen molar-refractivity contribution in [3.63, 3.8) is 0 Å². The molecule has 21 heavy (non-hydrogen) atoms. The third-order valence-electron chi connectivity index (χ3n) is 3.26. The van der Waals surface area contributed by atoms with Crippen LogP contribution in [0.3, 0.4) is 0 Å². The fourth-order valence-corrected chi connectivity index (χ4v) is 1.98. The van der Waals surface area contributed by atoms with Gasteiger partial charge in [-0.25, -0.2) is 0 Å². The molecule has 7 heteroatoms. The van der Waals surface area contributed by atoms with Gasteiger partial charge in [-0.15, -0.1) is 12.4 Å². The van der Waals surface area contributed by atoms with Gasteiger partial charge in [0.2, 0.25) is 5.91 Å². The predicted octanol–water partition coefficient (Wildman–Crippen LogP) is 0.735. The summed E-state index contributed by atoms with van der Waals surface area (Å²) in [5, 5.41) is 6.00. The van der Waals surface area contributed by atoms with E-state index in [0.29, 0.717) is 19.8 Å². The van der Waals surface area contributed by atoms with Crippen LogP contribution in [-0.2, 0) is 19.0 Å². The maximum absolute atomic E-state index is 11.8. The lowest BCUT2D eigenvalue weighted by molar-refractivity contribution is -0.135. The molecule has 6 nitrogen and oxygen atoms in total. The van der Waals surface area contributed by atoms with Gasteiger partial charge in [0.25, 0.3) is 0 Å². The number of ether oxygens (including phenoxy) is 3. The highest BCUT2D eigenvalue weighted by Gasteiger charge is 2.18. The Balaban J connectivity index is 0.00000400. The van der Waals surface area contributed by atoms with Crippen LogP contribution in [0.5, 0.6) is 0 Å². The van der Waals surface area contributed by atoms with Crippen LogP contribution in [0.4, 0.5) is 0 Å². The molecular weight excluding hydrogens is 296 g/mol. The molecule has 1 rings (SSSR count). The zero-order valence-electron chi connectivity index (χ0n) is 13.1. The molecule has 1 fully saturated rings. The van der Waals surface area contributed by atoms with Gasteiger partial charge in [-0.2, -0.15) is 0 Å². The van der Waals surface area contributed by atoms with Gasteiger partial charge in [0.1, 0.15) is 6.10 Å². The Kier molecular flexibility index (Phi) is 13.0. The average Bonchev–Trinajstić information content (AvgIpc) is 2.49. The van der Waals surface area contributed by atoms with Crippen molar-refractivity contribution in [1.82, 2.24) is 10.6 Å². The van der Waals surface area contributed by atoms with E-state index in [2.05, 4.69) is 10.6 Å². The zero-order chi connectivity index (χ0) is 14.6. The quantitative estimate of drug-likeness (QED) is 0.580. The second-order valence-corrected chi connectivity index (χ2v) is 5.00. The molecule has 0 aromatic carbocycles. The van der Waals surface area contributed by atoms with Crippen molar-refractivity contribution in [2.24, 2.45) is 0 Å². The van der Waals surface area contributed by atoms with Gasteiger partial charge in [0.05, 0.1) is 19.3 Å². The molecule has 2 unspecified atom stereocenters. The summed E-state index contributed by atoms with van der Waals surface area (Å²) in [4.78, 5) is 11.8. The van der Waals surface area contributed by atoms with E-state index >= 15 is 0 Å². The van der Waals surface area contributed by atoms with Crippen LogP contribution in [0.25, 0.3) is 0 Å². The van der Waals surface area contributed by atoms with E-state index < -0.39 is 6.10 Å². The summed E-state index contributed by atoms with van der Waals surface area (Å²) >= 11 is 0. The Labute approximate surface area is 133 Å². The summed E-state index contributed by atoms with van der Waals surface area (Å²) in [6.45, 7) is 5.87. The molecule has 0 spiro atoms. The molecule has 2 N–H and O–H groups in total. The van der Waals surface area contributed by atoms with Gasteiger partial charge < -0.3 is 24.8 Å². The third-order valence-corrected chi connectivity index (χ3v) is 3.26. The summed E-state index contributed by atoms with van der Waals surface area (Å²) in [5.41, 5.74) is 0. The van der Waals surface area contributed by atoms with E-state index in [1.807, 2.05) is 0 Å². The Morgan fingerprint density at radius 3 is 2.81 bits per heavy atom. The number of amides is 1. The molecule has 2 atom stereocenters. The maximum Gasteiger partial charge on any atom is 0.248 e. The van der Waals surface area contributed by atoms with Crippen molar-refractivity contribution in [1.29, 1.82) is 0 Å². The van der Waals surface area contributed by atoms with E-state index in [-0.39, 0.29) is 24.4 Å². The topological polar surface area (TPSA) is 68.8 Å². The molecule has 126 valence electrons. The van der Waals surface area contributed by atoms with E-state index in [1.165, 1.54) is 6.42 Å². The molecule has 0 saturated carbocycles. The minimum atomic E-state index is -0.431. The Morgan fingerprint density at radius 1 is 1.33 bits per heavy atom. The summed E-state index contributed by atoms with van der Waals surface area (Å²) in [7, 11) is 1.67. The lowest BCUT2D eigenvalue weighted by Gasteiger charge is -2.23. The molecule has 0 aromatic heterocycles. The van der Waals surface area contributed by atoms with Crippen LogP contribution >= 0.6 is 12.4 Å². The Bertz CT molecular complexity index is 263. The van der Waals surface area contributed by atoms with Crippen molar-refractivity contribution >= 4 is 18.3 Å². The minimum Gasteiger partial charge on any atom is -0.383 e. The number of carbonyl (C=O) groups excluding carboxylic acids is 1. The second-order valence-electron chi connectivity index (χ2n) is 5.00. The van der Waals surface area contributed by atoms with E-state index in [9.17, 15) is 4.79 Å². The van der Waals surface area contributed by atoms with Crippen molar-refractivity contribution < 1.29 is 19.0 Å². The maximum atomic E-state index is 11.8. The predicted molar refractivity (Wildman–Crippen MR) is 84.0 cm³/mol. The van der Waals surface area contributed by atoms with Gasteiger partial charge in [0, 0.05) is 33.4 Å². The largest absolute Gasteiger partial charge is 0.383 e. The van der Waals surface area contributed by atoms with E-state index in [1.54, 1.807) is 14.0 Å². The molecule has 0 aromatic rings. The van der Waals surface area contributed by atoms with Crippen molar-refractivity contribution in [2.45, 2.75) is 38.4 Å². The number of rotatable bonds is 10. The van der Waals surface area contributed by atoms with E-state index in [0.717, 1.165) is 32.5 Å². The van der Waals surface area contributed by atoms with Crippen molar-refractivity contribution in [3.8, 4) is 0 Å².